The predicted molar refractivity (Wildman–Crippen MR) is 113 cm³/mol. The van der Waals surface area contributed by atoms with E-state index in [1.807, 2.05) is 26.0 Å². The Balaban J connectivity index is 1.74. The smallest absolute Gasteiger partial charge is 0.261 e. The summed E-state index contributed by atoms with van der Waals surface area (Å²) in [7, 11) is -3.74. The number of aryl methyl sites for hydroxylation is 2. The molecule has 0 saturated carbocycles. The second-order valence-corrected chi connectivity index (χ2v) is 8.53. The predicted octanol–water partition coefficient (Wildman–Crippen LogP) is 5.01. The zero-order valence-corrected chi connectivity index (χ0v) is 16.9. The van der Waals surface area contributed by atoms with Crippen LogP contribution in [0.4, 0.5) is 11.4 Å². The molecule has 0 aromatic heterocycles. The number of rotatable bonds is 5. The Kier molecular flexibility index (Phi) is 5.72. The summed E-state index contributed by atoms with van der Waals surface area (Å²) in [6.45, 7) is 3.77. The van der Waals surface area contributed by atoms with Crippen LogP contribution in [0.1, 0.15) is 21.5 Å². The van der Waals surface area contributed by atoms with Gasteiger partial charge in [-0.2, -0.15) is 0 Å². The van der Waals surface area contributed by atoms with E-state index in [1.54, 1.807) is 30.3 Å². The maximum Gasteiger partial charge on any atom is 0.261 e. The van der Waals surface area contributed by atoms with Gasteiger partial charge in [-0.3, -0.25) is 9.52 Å². The molecule has 7 heteroatoms. The summed E-state index contributed by atoms with van der Waals surface area (Å²) >= 11 is 5.92. The molecule has 0 fully saturated rings. The van der Waals surface area contributed by atoms with Crippen molar-refractivity contribution in [2.45, 2.75) is 18.7 Å². The van der Waals surface area contributed by atoms with Gasteiger partial charge in [0.15, 0.2) is 0 Å². The first kappa shape index (κ1) is 19.9. The van der Waals surface area contributed by atoms with Gasteiger partial charge in [0.2, 0.25) is 0 Å². The lowest BCUT2D eigenvalue weighted by atomic mass is 10.1. The number of carbonyl (C=O) groups excluding carboxylic acids is 1. The molecule has 5 nitrogen and oxygen atoms in total. The quantitative estimate of drug-likeness (QED) is 0.616. The fourth-order valence-corrected chi connectivity index (χ4v) is 3.87. The topological polar surface area (TPSA) is 75.3 Å². The van der Waals surface area contributed by atoms with E-state index in [4.69, 9.17) is 11.6 Å². The molecule has 3 rings (SSSR count). The van der Waals surface area contributed by atoms with Crippen LogP contribution in [0.25, 0.3) is 0 Å². The number of anilines is 2. The summed E-state index contributed by atoms with van der Waals surface area (Å²) in [5, 5.41) is 3.38. The molecule has 0 aliphatic heterocycles. The summed E-state index contributed by atoms with van der Waals surface area (Å²) < 4.78 is 27.5. The first-order valence-electron chi connectivity index (χ1n) is 8.52. The van der Waals surface area contributed by atoms with Crippen molar-refractivity contribution in [1.29, 1.82) is 0 Å². The number of amides is 1. The molecule has 0 spiro atoms. The number of nitrogens with one attached hydrogen (secondary N) is 2. The SMILES string of the molecule is Cc1ccc(NS(=O)(=O)c2ccc(C(=O)Nc3ccc(Cl)cc3C)cc2)cc1. The van der Waals surface area contributed by atoms with E-state index < -0.39 is 10.0 Å². The third-order valence-electron chi connectivity index (χ3n) is 4.17. The molecule has 2 N–H and O–H groups in total. The molecule has 3 aromatic carbocycles. The van der Waals surface area contributed by atoms with Crippen molar-refractivity contribution in [3.63, 3.8) is 0 Å². The van der Waals surface area contributed by atoms with Gasteiger partial charge in [0, 0.05) is 22.0 Å². The van der Waals surface area contributed by atoms with Gasteiger partial charge in [0.1, 0.15) is 0 Å². The van der Waals surface area contributed by atoms with Crippen molar-refractivity contribution >= 4 is 38.9 Å². The second-order valence-electron chi connectivity index (χ2n) is 6.41. The minimum atomic E-state index is -3.74. The van der Waals surface area contributed by atoms with Gasteiger partial charge in [0.25, 0.3) is 15.9 Å². The van der Waals surface area contributed by atoms with Crippen molar-refractivity contribution in [3.8, 4) is 0 Å². The molecular formula is C21H19ClN2O3S. The van der Waals surface area contributed by atoms with Gasteiger partial charge in [-0.05, 0) is 74.0 Å². The lowest BCUT2D eigenvalue weighted by molar-refractivity contribution is 0.102. The van der Waals surface area contributed by atoms with Crippen molar-refractivity contribution < 1.29 is 13.2 Å². The zero-order chi connectivity index (χ0) is 20.3. The zero-order valence-electron chi connectivity index (χ0n) is 15.4. The van der Waals surface area contributed by atoms with Crippen molar-refractivity contribution in [2.24, 2.45) is 0 Å². The van der Waals surface area contributed by atoms with Crippen LogP contribution in [0.2, 0.25) is 5.02 Å². The minimum absolute atomic E-state index is 0.0762. The van der Waals surface area contributed by atoms with Crippen molar-refractivity contribution in [3.05, 3.63) is 88.4 Å². The Bertz CT molecular complexity index is 1110. The maximum absolute atomic E-state index is 12.5. The van der Waals surface area contributed by atoms with E-state index in [9.17, 15) is 13.2 Å². The Morgan fingerprint density at radius 3 is 2.14 bits per heavy atom. The summed E-state index contributed by atoms with van der Waals surface area (Å²) in [6, 6.07) is 18.0. The minimum Gasteiger partial charge on any atom is -0.322 e. The maximum atomic E-state index is 12.5. The number of hydrogen-bond acceptors (Lipinski definition) is 3. The van der Waals surface area contributed by atoms with Gasteiger partial charge in [-0.1, -0.05) is 29.3 Å². The summed E-state index contributed by atoms with van der Waals surface area (Å²) in [5.74, 6) is -0.333. The highest BCUT2D eigenvalue weighted by molar-refractivity contribution is 7.92. The average molecular weight is 415 g/mol. The van der Waals surface area contributed by atoms with E-state index in [0.29, 0.717) is 22.0 Å². The number of benzene rings is 3. The van der Waals surface area contributed by atoms with Gasteiger partial charge >= 0.3 is 0 Å². The summed E-state index contributed by atoms with van der Waals surface area (Å²) in [5.41, 5.74) is 3.35. The van der Waals surface area contributed by atoms with E-state index in [0.717, 1.165) is 11.1 Å². The Hall–Kier alpha value is -2.83. The number of sulfonamides is 1. The van der Waals surface area contributed by atoms with Crippen LogP contribution in [0.5, 0.6) is 0 Å². The first-order valence-corrected chi connectivity index (χ1v) is 10.4. The Morgan fingerprint density at radius 1 is 0.893 bits per heavy atom. The van der Waals surface area contributed by atoms with E-state index in [2.05, 4.69) is 10.0 Å². The van der Waals surface area contributed by atoms with Gasteiger partial charge in [-0.15, -0.1) is 0 Å². The van der Waals surface area contributed by atoms with Crippen LogP contribution in [-0.2, 0) is 10.0 Å². The van der Waals surface area contributed by atoms with Crippen molar-refractivity contribution in [2.75, 3.05) is 10.0 Å². The van der Waals surface area contributed by atoms with E-state index >= 15 is 0 Å². The normalized spacial score (nSPS) is 11.1. The van der Waals surface area contributed by atoms with Crippen LogP contribution in [0, 0.1) is 13.8 Å². The largest absolute Gasteiger partial charge is 0.322 e. The highest BCUT2D eigenvalue weighted by atomic mass is 35.5. The highest BCUT2D eigenvalue weighted by Gasteiger charge is 2.15. The molecular weight excluding hydrogens is 396 g/mol. The summed E-state index contributed by atoms with van der Waals surface area (Å²) in [4.78, 5) is 12.5. The second kappa shape index (κ2) is 8.04. The highest BCUT2D eigenvalue weighted by Crippen LogP contribution is 2.21. The van der Waals surface area contributed by atoms with Crippen LogP contribution in [0.3, 0.4) is 0 Å². The third-order valence-corrected chi connectivity index (χ3v) is 5.80. The molecule has 144 valence electrons. The molecule has 28 heavy (non-hydrogen) atoms. The number of halogens is 1. The Labute approximate surface area is 169 Å². The third kappa shape index (κ3) is 4.71. The number of carbonyl (C=O) groups is 1. The molecule has 0 heterocycles. The standard InChI is InChI=1S/C21H19ClN2O3S/c1-14-3-8-18(9-4-14)24-28(26,27)19-10-5-16(6-11-19)21(25)23-20-12-7-17(22)13-15(20)2/h3-13,24H,1-2H3,(H,23,25). The first-order chi connectivity index (χ1) is 13.2. The van der Waals surface area contributed by atoms with Crippen LogP contribution in [0.15, 0.2) is 71.6 Å². The van der Waals surface area contributed by atoms with Gasteiger partial charge in [0.05, 0.1) is 4.90 Å². The average Bonchev–Trinajstić information content (AvgIpc) is 2.66. The molecule has 0 unspecified atom stereocenters. The number of hydrogen-bond donors (Lipinski definition) is 2. The molecule has 0 atom stereocenters. The molecule has 0 saturated heterocycles. The fraction of sp³-hybridized carbons (Fsp3) is 0.0952. The Morgan fingerprint density at radius 2 is 1.54 bits per heavy atom. The lowest BCUT2D eigenvalue weighted by Gasteiger charge is -2.10. The van der Waals surface area contributed by atoms with Crippen LogP contribution < -0.4 is 10.0 Å². The van der Waals surface area contributed by atoms with E-state index in [-0.39, 0.29) is 10.8 Å². The lowest BCUT2D eigenvalue weighted by Crippen LogP contribution is -2.15. The van der Waals surface area contributed by atoms with Crippen molar-refractivity contribution in [1.82, 2.24) is 0 Å². The summed E-state index contributed by atoms with van der Waals surface area (Å²) in [6.07, 6.45) is 0. The van der Waals surface area contributed by atoms with Gasteiger partial charge < -0.3 is 5.32 Å². The molecule has 1 amide bonds. The van der Waals surface area contributed by atoms with Gasteiger partial charge in [-0.25, -0.2) is 8.42 Å². The molecule has 3 aromatic rings. The van der Waals surface area contributed by atoms with Crippen LogP contribution in [-0.4, -0.2) is 14.3 Å². The monoisotopic (exact) mass is 414 g/mol. The van der Waals surface area contributed by atoms with E-state index in [1.165, 1.54) is 24.3 Å². The molecule has 0 bridgehead atoms. The molecule has 0 radical (unpaired) electrons. The molecule has 0 aliphatic carbocycles. The molecule has 0 aliphatic rings. The van der Waals surface area contributed by atoms with Crippen LogP contribution >= 0.6 is 11.6 Å². The fourth-order valence-electron chi connectivity index (χ4n) is 2.58.